The van der Waals surface area contributed by atoms with E-state index in [0.717, 1.165) is 10.4 Å². The lowest BCUT2D eigenvalue weighted by Gasteiger charge is -2.13. The predicted octanol–water partition coefficient (Wildman–Crippen LogP) is 5.20. The zero-order valence-electron chi connectivity index (χ0n) is 16.1. The molecule has 0 radical (unpaired) electrons. The molecular weight excluding hydrogens is 405 g/mol. The molecule has 1 heterocycles. The number of halogens is 3. The van der Waals surface area contributed by atoms with Crippen LogP contribution < -0.4 is 9.75 Å². The lowest BCUT2D eigenvalue weighted by Crippen LogP contribution is -2.25. The molecule has 0 fully saturated rings. The number of alkyl halides is 3. The second kappa shape index (κ2) is 8.00. The number of ether oxygens (including phenoxy) is 1. The van der Waals surface area contributed by atoms with E-state index >= 15 is 0 Å². The minimum Gasteiger partial charge on any atom is -0.480 e. The fourth-order valence-corrected chi connectivity index (χ4v) is 3.31. The summed E-state index contributed by atoms with van der Waals surface area (Å²) in [6.07, 6.45) is 1.62. The molecule has 0 aliphatic carbocycles. The molecule has 0 saturated heterocycles. The molecule has 0 atom stereocenters. The van der Waals surface area contributed by atoms with Gasteiger partial charge in [0.2, 0.25) is 0 Å². The Morgan fingerprint density at radius 1 is 1.03 bits per heavy atom. The van der Waals surface area contributed by atoms with Gasteiger partial charge in [-0.2, -0.15) is 23.3 Å². The second-order valence-electron chi connectivity index (χ2n) is 6.65. The third-order valence-corrected chi connectivity index (χ3v) is 4.68. The highest BCUT2D eigenvalue weighted by atomic mass is 19.4. The number of amides is 1. The third kappa shape index (κ3) is 3.88. The molecule has 0 unspecified atom stereocenters. The summed E-state index contributed by atoms with van der Waals surface area (Å²) >= 11 is 0. The summed E-state index contributed by atoms with van der Waals surface area (Å²) in [5.74, 6) is 1.73. The van der Waals surface area contributed by atoms with Crippen LogP contribution in [0.25, 0.3) is 16.8 Å². The van der Waals surface area contributed by atoms with E-state index in [1.165, 1.54) is 18.2 Å². The van der Waals surface area contributed by atoms with Gasteiger partial charge < -0.3 is 4.74 Å². The molecule has 154 valence electrons. The van der Waals surface area contributed by atoms with Crippen molar-refractivity contribution < 1.29 is 22.7 Å². The zero-order valence-corrected chi connectivity index (χ0v) is 16.1. The van der Waals surface area contributed by atoms with Gasteiger partial charge in [-0.25, -0.2) is 0 Å². The van der Waals surface area contributed by atoms with Crippen LogP contribution in [0.3, 0.4) is 0 Å². The predicted molar refractivity (Wildman–Crippen MR) is 114 cm³/mol. The third-order valence-electron chi connectivity index (χ3n) is 4.68. The Morgan fingerprint density at radius 3 is 2.45 bits per heavy atom. The summed E-state index contributed by atoms with van der Waals surface area (Å²) in [4.78, 5) is 13.0. The highest BCUT2D eigenvalue weighted by Crippen LogP contribution is 2.36. The molecule has 4 rings (SSSR count). The molecule has 7 heteroatoms. The van der Waals surface area contributed by atoms with Crippen molar-refractivity contribution >= 4 is 34.2 Å². The van der Waals surface area contributed by atoms with Crippen LogP contribution in [-0.2, 0) is 4.79 Å². The van der Waals surface area contributed by atoms with E-state index in [1.54, 1.807) is 42.5 Å². The number of carbonyl (C=O) groups excluding carboxylic acids is 1. The van der Waals surface area contributed by atoms with Crippen LogP contribution >= 0.6 is 0 Å². The van der Waals surface area contributed by atoms with Crippen molar-refractivity contribution in [2.75, 3.05) is 11.6 Å². The van der Waals surface area contributed by atoms with Crippen LogP contribution in [0, 0.1) is 12.3 Å². The number of carbonyl (C=O) groups is 1. The molecular formula is C24H15F3N2O2. The molecule has 0 aromatic heterocycles. The van der Waals surface area contributed by atoms with Crippen molar-refractivity contribution in [3.05, 3.63) is 77.9 Å². The van der Waals surface area contributed by atoms with Gasteiger partial charge in [-0.1, -0.05) is 54.5 Å². The summed E-state index contributed by atoms with van der Waals surface area (Å²) < 4.78 is 46.9. The van der Waals surface area contributed by atoms with E-state index in [-0.39, 0.29) is 18.0 Å². The lowest BCUT2D eigenvalue weighted by atomic mass is 9.99. The first-order valence-electron chi connectivity index (χ1n) is 9.25. The van der Waals surface area contributed by atoms with E-state index in [2.05, 4.69) is 11.0 Å². The highest BCUT2D eigenvalue weighted by Gasteiger charge is 2.47. The van der Waals surface area contributed by atoms with Crippen molar-refractivity contribution in [2.24, 2.45) is 5.10 Å². The quantitative estimate of drug-likeness (QED) is 0.430. The van der Waals surface area contributed by atoms with E-state index in [1.807, 2.05) is 12.1 Å². The molecule has 1 aliphatic rings. The maximum absolute atomic E-state index is 13.8. The van der Waals surface area contributed by atoms with Gasteiger partial charge in [0.05, 0.1) is 11.3 Å². The number of benzene rings is 3. The van der Waals surface area contributed by atoms with Gasteiger partial charge in [0.15, 0.2) is 5.71 Å². The van der Waals surface area contributed by atoms with Crippen molar-refractivity contribution in [3.63, 3.8) is 0 Å². The van der Waals surface area contributed by atoms with Gasteiger partial charge in [-0.15, -0.1) is 6.42 Å². The van der Waals surface area contributed by atoms with E-state index < -0.39 is 23.4 Å². The van der Waals surface area contributed by atoms with Crippen molar-refractivity contribution in [1.29, 1.82) is 0 Å². The summed E-state index contributed by atoms with van der Waals surface area (Å²) in [6.45, 7) is -0.0706. The first-order valence-corrected chi connectivity index (χ1v) is 9.25. The maximum atomic E-state index is 13.8. The van der Waals surface area contributed by atoms with Gasteiger partial charge in [0, 0.05) is 5.56 Å². The van der Waals surface area contributed by atoms with Gasteiger partial charge in [-0.3, -0.25) is 4.79 Å². The number of nitrogens with zero attached hydrogens (tertiary/aromatic N) is 2. The van der Waals surface area contributed by atoms with E-state index in [0.29, 0.717) is 10.9 Å². The van der Waals surface area contributed by atoms with Gasteiger partial charge in [0.1, 0.15) is 12.4 Å². The molecule has 31 heavy (non-hydrogen) atoms. The number of para-hydroxylation sites is 1. The zero-order chi connectivity index (χ0) is 22.0. The fourth-order valence-electron chi connectivity index (χ4n) is 3.31. The average Bonchev–Trinajstić information content (AvgIpc) is 3.10. The first kappa shape index (κ1) is 20.2. The van der Waals surface area contributed by atoms with Crippen LogP contribution in [0.5, 0.6) is 5.75 Å². The number of terminal acetylenes is 1. The largest absolute Gasteiger partial charge is 0.480 e. The Balaban J connectivity index is 1.91. The molecule has 0 saturated carbocycles. The topological polar surface area (TPSA) is 41.9 Å². The van der Waals surface area contributed by atoms with E-state index in [9.17, 15) is 18.0 Å². The molecule has 0 spiro atoms. The fraction of sp³-hybridized carbons (Fsp3) is 0.0833. The van der Waals surface area contributed by atoms with Crippen molar-refractivity contribution in [1.82, 2.24) is 0 Å². The molecule has 0 N–H and O–H groups in total. The van der Waals surface area contributed by atoms with Crippen LogP contribution in [-0.4, -0.2) is 24.4 Å². The SMILES string of the molecule is C#CCOc1ccc2ccccc2c1/C=C1\C(=O)N(c2ccccc2)N=C1C(F)(F)F. The first-order chi connectivity index (χ1) is 14.9. The van der Waals surface area contributed by atoms with Gasteiger partial charge >= 0.3 is 6.18 Å². The van der Waals surface area contributed by atoms with Crippen molar-refractivity contribution in [3.8, 4) is 18.1 Å². The summed E-state index contributed by atoms with van der Waals surface area (Å²) in [5, 5.41) is 5.74. The smallest absolute Gasteiger partial charge is 0.435 e. The van der Waals surface area contributed by atoms with Crippen LogP contribution in [0.4, 0.5) is 18.9 Å². The van der Waals surface area contributed by atoms with Crippen molar-refractivity contribution in [2.45, 2.75) is 6.18 Å². The van der Waals surface area contributed by atoms with Crippen LogP contribution in [0.15, 0.2) is 77.4 Å². The number of fused-ring (bicyclic) bond motifs is 1. The van der Waals surface area contributed by atoms with Gasteiger partial charge in [-0.05, 0) is 35.0 Å². The number of rotatable bonds is 4. The van der Waals surface area contributed by atoms with Crippen LogP contribution in [0.1, 0.15) is 5.56 Å². The Kier molecular flexibility index (Phi) is 5.22. The lowest BCUT2D eigenvalue weighted by molar-refractivity contribution is -0.114. The Bertz CT molecular complexity index is 1260. The number of hydrazone groups is 1. The normalized spacial score (nSPS) is 15.3. The molecule has 0 bridgehead atoms. The number of hydrogen-bond acceptors (Lipinski definition) is 3. The monoisotopic (exact) mass is 420 g/mol. The molecule has 4 nitrogen and oxygen atoms in total. The Labute approximate surface area is 176 Å². The minimum absolute atomic E-state index is 0.0706. The Morgan fingerprint density at radius 2 is 1.74 bits per heavy atom. The Hall–Kier alpha value is -4.05. The summed E-state index contributed by atoms with van der Waals surface area (Å²) in [7, 11) is 0. The molecule has 3 aromatic carbocycles. The maximum Gasteiger partial charge on any atom is 0.435 e. The number of hydrogen-bond donors (Lipinski definition) is 0. The molecule has 1 amide bonds. The summed E-state index contributed by atoms with van der Waals surface area (Å²) in [5.41, 5.74) is -1.28. The minimum atomic E-state index is -4.82. The molecule has 1 aliphatic heterocycles. The number of anilines is 1. The summed E-state index contributed by atoms with van der Waals surface area (Å²) in [6, 6.07) is 18.4. The van der Waals surface area contributed by atoms with Crippen LogP contribution in [0.2, 0.25) is 0 Å². The standard InChI is InChI=1S/C24H15F3N2O2/c1-2-14-31-21-13-12-16-8-6-7-11-18(16)19(21)15-20-22(24(25,26)27)28-29(23(20)30)17-9-4-3-5-10-17/h1,3-13,15H,14H2/b20-15-. The highest BCUT2D eigenvalue weighted by molar-refractivity contribution is 6.34. The second-order valence-corrected chi connectivity index (χ2v) is 6.65. The van der Waals surface area contributed by atoms with E-state index in [4.69, 9.17) is 11.2 Å². The molecule has 3 aromatic rings. The average molecular weight is 420 g/mol. The van der Waals surface area contributed by atoms with Gasteiger partial charge in [0.25, 0.3) is 5.91 Å².